The summed E-state index contributed by atoms with van der Waals surface area (Å²) in [5.41, 5.74) is 5.53. The summed E-state index contributed by atoms with van der Waals surface area (Å²) in [7, 11) is 0. The molecule has 0 aromatic heterocycles. The number of para-hydroxylation sites is 1. The van der Waals surface area contributed by atoms with Crippen LogP contribution in [-0.2, 0) is 4.79 Å². The van der Waals surface area contributed by atoms with Crippen LogP contribution in [0.5, 0.6) is 5.75 Å². The van der Waals surface area contributed by atoms with Gasteiger partial charge in [-0.2, -0.15) is 0 Å². The molecule has 1 heterocycles. The molecule has 1 aliphatic heterocycles. The molecule has 1 amide bonds. The van der Waals surface area contributed by atoms with Crippen LogP contribution in [0.25, 0.3) is 0 Å². The lowest BCUT2D eigenvalue weighted by molar-refractivity contribution is -0.133. The van der Waals surface area contributed by atoms with Gasteiger partial charge in [-0.05, 0) is 12.1 Å². The fourth-order valence-corrected chi connectivity index (χ4v) is 2.49. The molecule has 0 atom stereocenters. The van der Waals surface area contributed by atoms with Crippen LogP contribution in [0.2, 0.25) is 0 Å². The van der Waals surface area contributed by atoms with Crippen molar-refractivity contribution in [1.82, 2.24) is 9.80 Å². The normalized spacial score (nSPS) is 15.7. The molecule has 0 aliphatic carbocycles. The highest BCUT2D eigenvalue weighted by Gasteiger charge is 2.20. The second kappa shape index (κ2) is 7.95. The van der Waals surface area contributed by atoms with Gasteiger partial charge in [-0.3, -0.25) is 9.69 Å². The number of nitrogens with zero attached hydrogens (tertiary/aromatic N) is 2. The molecule has 114 valence electrons. The first-order valence-electron chi connectivity index (χ1n) is 7.11. The van der Waals surface area contributed by atoms with E-state index < -0.39 is 0 Å². The third-order valence-corrected chi connectivity index (χ3v) is 3.56. The van der Waals surface area contributed by atoms with Gasteiger partial charge in [-0.25, -0.2) is 0 Å². The van der Waals surface area contributed by atoms with Gasteiger partial charge in [0.15, 0.2) is 0 Å². The second-order valence-corrected chi connectivity index (χ2v) is 5.56. The monoisotopic (exact) mass is 307 g/mol. The molecule has 5 nitrogen and oxygen atoms in total. The van der Waals surface area contributed by atoms with Crippen molar-refractivity contribution >= 4 is 23.1 Å². The van der Waals surface area contributed by atoms with Crippen molar-refractivity contribution in [3.8, 4) is 5.75 Å². The number of hydrogen-bond donors (Lipinski definition) is 1. The van der Waals surface area contributed by atoms with Crippen molar-refractivity contribution in [1.29, 1.82) is 0 Å². The third kappa shape index (κ3) is 5.32. The molecule has 1 fully saturated rings. The number of benzene rings is 1. The van der Waals surface area contributed by atoms with Gasteiger partial charge < -0.3 is 15.4 Å². The van der Waals surface area contributed by atoms with Crippen LogP contribution < -0.4 is 10.5 Å². The summed E-state index contributed by atoms with van der Waals surface area (Å²) < 4.78 is 5.55. The minimum atomic E-state index is 0.140. The van der Waals surface area contributed by atoms with Crippen molar-refractivity contribution in [3.05, 3.63) is 30.3 Å². The van der Waals surface area contributed by atoms with Gasteiger partial charge in [0, 0.05) is 32.7 Å². The van der Waals surface area contributed by atoms with E-state index in [1.165, 1.54) is 0 Å². The first-order valence-corrected chi connectivity index (χ1v) is 7.52. The number of carbonyl (C=O) groups is 1. The molecule has 21 heavy (non-hydrogen) atoms. The molecular weight excluding hydrogens is 286 g/mol. The Labute approximate surface area is 130 Å². The van der Waals surface area contributed by atoms with Gasteiger partial charge >= 0.3 is 0 Å². The molecule has 1 aliphatic rings. The van der Waals surface area contributed by atoms with Crippen molar-refractivity contribution < 1.29 is 9.53 Å². The Morgan fingerprint density at radius 1 is 1.19 bits per heavy atom. The average molecular weight is 307 g/mol. The molecule has 6 heteroatoms. The highest BCUT2D eigenvalue weighted by Crippen LogP contribution is 2.09. The van der Waals surface area contributed by atoms with E-state index in [2.05, 4.69) is 4.90 Å². The first kappa shape index (κ1) is 15.7. The SMILES string of the molecule is NC(=S)CN1CCN(C(=O)CCOc2ccccc2)CC1. The maximum absolute atomic E-state index is 12.1. The average Bonchev–Trinajstić information content (AvgIpc) is 2.48. The Kier molecular flexibility index (Phi) is 5.95. The molecule has 1 aromatic carbocycles. The fraction of sp³-hybridized carbons (Fsp3) is 0.467. The summed E-state index contributed by atoms with van der Waals surface area (Å²) in [5, 5.41) is 0. The summed E-state index contributed by atoms with van der Waals surface area (Å²) in [6, 6.07) is 9.54. The topological polar surface area (TPSA) is 58.8 Å². The number of hydrogen-bond acceptors (Lipinski definition) is 4. The molecule has 0 spiro atoms. The number of piperazine rings is 1. The zero-order chi connectivity index (χ0) is 15.1. The van der Waals surface area contributed by atoms with Crippen LogP contribution in [0.4, 0.5) is 0 Å². The molecule has 0 bridgehead atoms. The molecule has 1 saturated heterocycles. The predicted molar refractivity (Wildman–Crippen MR) is 86.4 cm³/mol. The number of thiocarbonyl (C=S) groups is 1. The summed E-state index contributed by atoms with van der Waals surface area (Å²) >= 11 is 4.90. The van der Waals surface area contributed by atoms with Gasteiger partial charge in [-0.1, -0.05) is 30.4 Å². The van der Waals surface area contributed by atoms with Crippen LogP contribution in [0.3, 0.4) is 0 Å². The van der Waals surface area contributed by atoms with Crippen molar-refractivity contribution in [2.75, 3.05) is 39.3 Å². The molecule has 0 saturated carbocycles. The second-order valence-electron chi connectivity index (χ2n) is 5.03. The van der Waals surface area contributed by atoms with E-state index >= 15 is 0 Å². The standard InChI is InChI=1S/C15H21N3O2S/c16-14(21)12-17-7-9-18(10-8-17)15(19)6-11-20-13-4-2-1-3-5-13/h1-5H,6-12H2,(H2,16,21). The number of rotatable bonds is 6. The van der Waals surface area contributed by atoms with Gasteiger partial charge in [0.25, 0.3) is 0 Å². The number of nitrogens with two attached hydrogens (primary N) is 1. The van der Waals surface area contributed by atoms with Crippen molar-refractivity contribution in [3.63, 3.8) is 0 Å². The van der Waals surface area contributed by atoms with E-state index in [1.807, 2.05) is 35.2 Å². The first-order chi connectivity index (χ1) is 10.1. The molecule has 2 N–H and O–H groups in total. The van der Waals surface area contributed by atoms with E-state index in [0.29, 0.717) is 24.6 Å². The Bertz CT molecular complexity index is 473. The lowest BCUT2D eigenvalue weighted by Crippen LogP contribution is -2.50. The minimum Gasteiger partial charge on any atom is -0.493 e. The van der Waals surface area contributed by atoms with E-state index in [1.54, 1.807) is 0 Å². The van der Waals surface area contributed by atoms with Gasteiger partial charge in [0.1, 0.15) is 5.75 Å². The molecule has 2 rings (SSSR count). The van der Waals surface area contributed by atoms with E-state index in [4.69, 9.17) is 22.7 Å². The summed E-state index contributed by atoms with van der Waals surface area (Å²) in [6.07, 6.45) is 0.407. The quantitative estimate of drug-likeness (QED) is 0.791. The molecule has 0 radical (unpaired) electrons. The van der Waals surface area contributed by atoms with E-state index in [9.17, 15) is 4.79 Å². The number of ether oxygens (including phenoxy) is 1. The number of amides is 1. The highest BCUT2D eigenvalue weighted by atomic mass is 32.1. The maximum Gasteiger partial charge on any atom is 0.226 e. The smallest absolute Gasteiger partial charge is 0.226 e. The molecular formula is C15H21N3O2S. The Morgan fingerprint density at radius 2 is 1.86 bits per heavy atom. The lowest BCUT2D eigenvalue weighted by atomic mass is 10.2. The Morgan fingerprint density at radius 3 is 2.48 bits per heavy atom. The van der Waals surface area contributed by atoms with Gasteiger partial charge in [0.2, 0.25) is 5.91 Å². The largest absolute Gasteiger partial charge is 0.493 e. The zero-order valence-corrected chi connectivity index (χ0v) is 12.8. The molecule has 1 aromatic rings. The van der Waals surface area contributed by atoms with Gasteiger partial charge in [0.05, 0.1) is 18.0 Å². The fourth-order valence-electron chi connectivity index (χ4n) is 2.31. The zero-order valence-electron chi connectivity index (χ0n) is 12.0. The van der Waals surface area contributed by atoms with Crippen LogP contribution in [0.15, 0.2) is 30.3 Å². The number of carbonyl (C=O) groups excluding carboxylic acids is 1. The highest BCUT2D eigenvalue weighted by molar-refractivity contribution is 7.80. The summed E-state index contributed by atoms with van der Waals surface area (Å²) in [5.74, 6) is 0.937. The van der Waals surface area contributed by atoms with E-state index in [-0.39, 0.29) is 5.91 Å². The maximum atomic E-state index is 12.1. The summed E-state index contributed by atoms with van der Waals surface area (Å²) in [4.78, 5) is 16.7. The Balaban J connectivity index is 1.67. The van der Waals surface area contributed by atoms with Crippen LogP contribution in [0, 0.1) is 0 Å². The third-order valence-electron chi connectivity index (χ3n) is 3.43. The van der Waals surface area contributed by atoms with Crippen LogP contribution in [-0.4, -0.2) is 60.0 Å². The van der Waals surface area contributed by atoms with E-state index in [0.717, 1.165) is 31.9 Å². The van der Waals surface area contributed by atoms with Crippen molar-refractivity contribution in [2.45, 2.75) is 6.42 Å². The predicted octanol–water partition coefficient (Wildman–Crippen LogP) is 0.886. The van der Waals surface area contributed by atoms with Crippen LogP contribution in [0.1, 0.15) is 6.42 Å². The Hall–Kier alpha value is -1.66. The minimum absolute atomic E-state index is 0.140. The van der Waals surface area contributed by atoms with Gasteiger partial charge in [-0.15, -0.1) is 0 Å². The van der Waals surface area contributed by atoms with Crippen molar-refractivity contribution in [2.24, 2.45) is 5.73 Å². The summed E-state index contributed by atoms with van der Waals surface area (Å²) in [6.45, 7) is 4.15. The lowest BCUT2D eigenvalue weighted by Gasteiger charge is -2.34. The van der Waals surface area contributed by atoms with Crippen LogP contribution >= 0.6 is 12.2 Å². The molecule has 0 unspecified atom stereocenters.